The highest BCUT2D eigenvalue weighted by Gasteiger charge is 2.17. The maximum absolute atomic E-state index is 14.2. The zero-order valence-corrected chi connectivity index (χ0v) is 15.5. The number of methoxy groups -OCH3 is 2. The third-order valence-corrected chi connectivity index (χ3v) is 4.53. The lowest BCUT2D eigenvalue weighted by Crippen LogP contribution is -2.24. The second-order valence-corrected chi connectivity index (χ2v) is 6.40. The van der Waals surface area contributed by atoms with Gasteiger partial charge in [-0.2, -0.15) is 0 Å². The molecule has 3 aromatic rings. The topological polar surface area (TPSA) is 57.0 Å². The van der Waals surface area contributed by atoms with Crippen LogP contribution in [0.15, 0.2) is 47.4 Å². The van der Waals surface area contributed by atoms with Crippen molar-refractivity contribution in [2.45, 2.75) is 13.0 Å². The van der Waals surface area contributed by atoms with Crippen molar-refractivity contribution >= 4 is 23.1 Å². The fraction of sp³-hybridized carbons (Fsp3) is 0.200. The minimum Gasteiger partial charge on any atom is -0.465 e. The normalized spacial score (nSPS) is 11.0. The van der Waals surface area contributed by atoms with Gasteiger partial charge in [0.1, 0.15) is 11.4 Å². The van der Waals surface area contributed by atoms with Gasteiger partial charge in [0.2, 0.25) is 0 Å². The minimum atomic E-state index is -0.724. The van der Waals surface area contributed by atoms with Crippen LogP contribution in [-0.2, 0) is 22.5 Å². The van der Waals surface area contributed by atoms with Crippen molar-refractivity contribution in [3.63, 3.8) is 0 Å². The van der Waals surface area contributed by atoms with E-state index in [1.54, 1.807) is 30.5 Å². The number of fused-ring (bicyclic) bond motifs is 1. The van der Waals surface area contributed by atoms with Gasteiger partial charge in [-0.15, -0.1) is 0 Å². The first kappa shape index (κ1) is 19.1. The molecule has 0 fully saturated rings. The maximum Gasteiger partial charge on any atom is 0.343 e. The molecule has 0 aliphatic heterocycles. The van der Waals surface area contributed by atoms with E-state index in [0.29, 0.717) is 22.2 Å². The lowest BCUT2D eigenvalue weighted by molar-refractivity contribution is 0.0598. The van der Waals surface area contributed by atoms with Gasteiger partial charge in [0, 0.05) is 25.3 Å². The monoisotopic (exact) mass is 389 g/mol. The van der Waals surface area contributed by atoms with Crippen LogP contribution in [0.25, 0.3) is 5.52 Å². The summed E-state index contributed by atoms with van der Waals surface area (Å²) in [5.74, 6) is -1.21. The van der Waals surface area contributed by atoms with Crippen molar-refractivity contribution in [2.24, 2.45) is 0 Å². The molecule has 3 rings (SSSR count). The Balaban J connectivity index is 2.15. The number of ether oxygens (including phenoxy) is 2. The van der Waals surface area contributed by atoms with E-state index in [1.165, 1.54) is 30.8 Å². The van der Waals surface area contributed by atoms with Crippen LogP contribution in [0.5, 0.6) is 0 Å². The van der Waals surface area contributed by atoms with E-state index in [4.69, 9.17) is 21.1 Å². The first-order chi connectivity index (χ1) is 13.0. The number of pyridine rings is 2. The van der Waals surface area contributed by atoms with Crippen LogP contribution in [0.1, 0.15) is 27.0 Å². The highest BCUT2D eigenvalue weighted by atomic mass is 35.5. The van der Waals surface area contributed by atoms with Gasteiger partial charge in [-0.3, -0.25) is 9.20 Å². The van der Waals surface area contributed by atoms with Gasteiger partial charge in [-0.25, -0.2) is 9.18 Å². The van der Waals surface area contributed by atoms with Crippen LogP contribution in [0.4, 0.5) is 4.39 Å². The van der Waals surface area contributed by atoms with Gasteiger partial charge < -0.3 is 9.47 Å². The fourth-order valence-corrected chi connectivity index (χ4v) is 3.15. The van der Waals surface area contributed by atoms with E-state index in [9.17, 15) is 14.0 Å². The molecule has 0 bridgehead atoms. The second-order valence-electron chi connectivity index (χ2n) is 6.00. The Morgan fingerprint density at radius 1 is 1.19 bits per heavy atom. The van der Waals surface area contributed by atoms with Gasteiger partial charge in [-0.1, -0.05) is 29.8 Å². The third-order valence-electron chi connectivity index (χ3n) is 4.24. The Labute approximate surface area is 159 Å². The zero-order chi connectivity index (χ0) is 19.6. The highest BCUT2D eigenvalue weighted by Crippen LogP contribution is 2.21. The Hall–Kier alpha value is -2.70. The van der Waals surface area contributed by atoms with E-state index in [2.05, 4.69) is 0 Å². The average molecular weight is 390 g/mol. The van der Waals surface area contributed by atoms with Crippen molar-refractivity contribution < 1.29 is 18.7 Å². The summed E-state index contributed by atoms with van der Waals surface area (Å²) >= 11 is 5.83. The fourth-order valence-electron chi connectivity index (χ4n) is 2.95. The van der Waals surface area contributed by atoms with Crippen LogP contribution in [-0.4, -0.2) is 24.6 Å². The minimum absolute atomic E-state index is 0.0424. The number of hydrogen-bond donors (Lipinski definition) is 0. The van der Waals surface area contributed by atoms with Crippen LogP contribution in [0.3, 0.4) is 0 Å². The van der Waals surface area contributed by atoms with Gasteiger partial charge in [0.05, 0.1) is 24.3 Å². The summed E-state index contributed by atoms with van der Waals surface area (Å²) in [6, 6.07) is 9.80. The Bertz CT molecular complexity index is 1080. The average Bonchev–Trinajstić information content (AvgIpc) is 2.67. The number of esters is 1. The molecule has 0 saturated carbocycles. The van der Waals surface area contributed by atoms with E-state index in [1.807, 2.05) is 0 Å². The molecule has 0 amide bonds. The summed E-state index contributed by atoms with van der Waals surface area (Å²) < 4.78 is 25.4. The first-order valence-corrected chi connectivity index (χ1v) is 8.51. The molecule has 2 aromatic heterocycles. The number of hydrogen-bond acceptors (Lipinski definition) is 4. The van der Waals surface area contributed by atoms with Crippen molar-refractivity contribution in [3.05, 3.63) is 86.0 Å². The van der Waals surface area contributed by atoms with Gasteiger partial charge >= 0.3 is 5.97 Å². The smallest absolute Gasteiger partial charge is 0.343 e. The van der Waals surface area contributed by atoms with E-state index < -0.39 is 17.3 Å². The number of benzene rings is 1. The number of rotatable bonds is 5. The molecule has 2 heterocycles. The number of aromatic nitrogens is 1. The molecular formula is C20H17ClFNO4. The summed E-state index contributed by atoms with van der Waals surface area (Å²) in [5, 5.41) is 0.0424. The molecule has 0 saturated heterocycles. The molecule has 7 heteroatoms. The summed E-state index contributed by atoms with van der Waals surface area (Å²) in [7, 11) is 2.74. The SMILES string of the molecule is COCc1cc(C(=O)OC)c(=O)n2cc(Cc3cccc(Cl)c3F)ccc12. The summed E-state index contributed by atoms with van der Waals surface area (Å²) in [5.41, 5.74) is 1.77. The molecule has 0 atom stereocenters. The van der Waals surface area contributed by atoms with E-state index in [-0.39, 0.29) is 23.6 Å². The predicted molar refractivity (Wildman–Crippen MR) is 99.9 cm³/mol. The summed E-state index contributed by atoms with van der Waals surface area (Å²) in [4.78, 5) is 24.7. The number of nitrogens with zero attached hydrogens (tertiary/aromatic N) is 1. The zero-order valence-electron chi connectivity index (χ0n) is 14.8. The maximum atomic E-state index is 14.2. The van der Waals surface area contributed by atoms with E-state index >= 15 is 0 Å². The largest absolute Gasteiger partial charge is 0.465 e. The highest BCUT2D eigenvalue weighted by molar-refractivity contribution is 6.30. The standard InChI is InChI=1S/C20H17ClFNO4/c1-26-11-14-9-15(20(25)27-2)19(24)23-10-12(6-7-17(14)23)8-13-4-3-5-16(21)18(13)22/h3-7,9-10H,8,11H2,1-2H3. The van der Waals surface area contributed by atoms with Crippen LogP contribution in [0.2, 0.25) is 5.02 Å². The number of carbonyl (C=O) groups excluding carboxylic acids is 1. The molecule has 1 aromatic carbocycles. The van der Waals surface area contributed by atoms with Crippen LogP contribution in [0, 0.1) is 5.82 Å². The molecule has 0 aliphatic rings. The number of carbonyl (C=O) groups is 1. The Morgan fingerprint density at radius 2 is 1.96 bits per heavy atom. The predicted octanol–water partition coefficient (Wildman–Crippen LogP) is 3.62. The lowest BCUT2D eigenvalue weighted by atomic mass is 10.0. The summed E-state index contributed by atoms with van der Waals surface area (Å²) in [6.45, 7) is 0.218. The molecular weight excluding hydrogens is 373 g/mol. The molecule has 5 nitrogen and oxygen atoms in total. The van der Waals surface area contributed by atoms with Gasteiger partial charge in [0.25, 0.3) is 5.56 Å². The first-order valence-electron chi connectivity index (χ1n) is 8.13. The lowest BCUT2D eigenvalue weighted by Gasteiger charge is -2.12. The third kappa shape index (κ3) is 3.72. The van der Waals surface area contributed by atoms with Gasteiger partial charge in [0.15, 0.2) is 0 Å². The van der Waals surface area contributed by atoms with Crippen LogP contribution >= 0.6 is 11.6 Å². The summed E-state index contributed by atoms with van der Waals surface area (Å²) in [6.07, 6.45) is 1.83. The molecule has 27 heavy (non-hydrogen) atoms. The molecule has 0 aliphatic carbocycles. The molecule has 0 radical (unpaired) electrons. The van der Waals surface area contributed by atoms with Crippen molar-refractivity contribution in [1.82, 2.24) is 4.40 Å². The van der Waals surface area contributed by atoms with Gasteiger partial charge in [-0.05, 0) is 29.3 Å². The van der Waals surface area contributed by atoms with Crippen molar-refractivity contribution in [2.75, 3.05) is 14.2 Å². The quantitative estimate of drug-likeness (QED) is 0.625. The Morgan fingerprint density at radius 3 is 2.67 bits per heavy atom. The second kappa shape index (κ2) is 7.90. The van der Waals surface area contributed by atoms with Crippen LogP contribution < -0.4 is 5.56 Å². The molecule has 0 spiro atoms. The van der Waals surface area contributed by atoms with Crippen molar-refractivity contribution in [3.8, 4) is 0 Å². The molecule has 0 unspecified atom stereocenters. The molecule has 140 valence electrons. The van der Waals surface area contributed by atoms with Crippen molar-refractivity contribution in [1.29, 1.82) is 0 Å². The number of halogens is 2. The molecule has 0 N–H and O–H groups in total. The Kier molecular flexibility index (Phi) is 5.58. The van der Waals surface area contributed by atoms with E-state index in [0.717, 1.165) is 0 Å².